The van der Waals surface area contributed by atoms with E-state index in [1.807, 2.05) is 84.9 Å². The lowest BCUT2D eigenvalue weighted by molar-refractivity contribution is -0.130. The van der Waals surface area contributed by atoms with E-state index in [-0.39, 0.29) is 17.9 Å². The van der Waals surface area contributed by atoms with Gasteiger partial charge in [-0.1, -0.05) is 66.7 Å². The van der Waals surface area contributed by atoms with Gasteiger partial charge in [0.2, 0.25) is 5.78 Å². The number of Topliss-reactive ketones (excluding diaryl/α,β-unsaturated/α-hetero) is 1. The fraction of sp³-hybridized carbons (Fsp3) is 0.0714. The lowest BCUT2D eigenvalue weighted by Crippen LogP contribution is -2.30. The molecule has 6 heteroatoms. The summed E-state index contributed by atoms with van der Waals surface area (Å²) < 4.78 is 5.99. The van der Waals surface area contributed by atoms with Crippen LogP contribution < -0.4 is 4.74 Å². The highest BCUT2D eigenvalue weighted by atomic mass is 32.1. The third-order valence-electron chi connectivity index (χ3n) is 5.64. The molecule has 0 saturated carbocycles. The normalized spacial score (nSPS) is 15.6. The second kappa shape index (κ2) is 9.37. The van der Waals surface area contributed by atoms with Gasteiger partial charge in [0.05, 0.1) is 16.5 Å². The summed E-state index contributed by atoms with van der Waals surface area (Å²) in [4.78, 5) is 28.6. The smallest absolute Gasteiger partial charge is 0.290 e. The monoisotopic (exact) mass is 467 g/mol. The summed E-state index contributed by atoms with van der Waals surface area (Å²) in [6.07, 6.45) is 0. The maximum Gasteiger partial charge on any atom is 0.290 e. The molecule has 0 bridgehead atoms. The number of thiophene rings is 1. The van der Waals surface area contributed by atoms with Crippen LogP contribution in [0.4, 0.5) is 0 Å². The Kier molecular flexibility index (Phi) is 5.97. The van der Waals surface area contributed by atoms with Crippen molar-refractivity contribution in [1.29, 1.82) is 0 Å². The van der Waals surface area contributed by atoms with Crippen LogP contribution in [0.3, 0.4) is 0 Å². The molecule has 0 fully saturated rings. The van der Waals surface area contributed by atoms with Gasteiger partial charge in [0, 0.05) is 6.54 Å². The highest BCUT2D eigenvalue weighted by molar-refractivity contribution is 7.12. The fourth-order valence-electron chi connectivity index (χ4n) is 4.09. The number of carbonyl (C=O) groups is 2. The molecule has 0 radical (unpaired) electrons. The van der Waals surface area contributed by atoms with E-state index >= 15 is 0 Å². The highest BCUT2D eigenvalue weighted by Gasteiger charge is 2.44. The number of ketones is 1. The third kappa shape index (κ3) is 4.23. The summed E-state index contributed by atoms with van der Waals surface area (Å²) in [5.74, 6) is -0.172. The SMILES string of the molecule is O=C(C1=C(O)C(=O)N(Cc2ccccc2)C1c1cccc(Oc2ccccc2)c1)c1cccs1. The molecule has 168 valence electrons. The molecule has 0 saturated heterocycles. The number of hydrogen-bond donors (Lipinski definition) is 1. The second-order valence-electron chi connectivity index (χ2n) is 7.88. The summed E-state index contributed by atoms with van der Waals surface area (Å²) in [5.41, 5.74) is 1.66. The number of benzene rings is 3. The summed E-state index contributed by atoms with van der Waals surface area (Å²) in [6.45, 7) is 0.249. The summed E-state index contributed by atoms with van der Waals surface area (Å²) in [5, 5.41) is 12.7. The van der Waals surface area contributed by atoms with Gasteiger partial charge in [-0.05, 0) is 46.8 Å². The van der Waals surface area contributed by atoms with E-state index in [1.165, 1.54) is 16.2 Å². The van der Waals surface area contributed by atoms with Crippen LogP contribution in [0.25, 0.3) is 0 Å². The van der Waals surface area contributed by atoms with E-state index in [1.54, 1.807) is 17.5 Å². The molecule has 0 aliphatic carbocycles. The molecule has 1 atom stereocenters. The van der Waals surface area contributed by atoms with E-state index in [4.69, 9.17) is 4.74 Å². The second-order valence-corrected chi connectivity index (χ2v) is 8.83. The number of nitrogens with zero attached hydrogens (tertiary/aromatic N) is 1. The van der Waals surface area contributed by atoms with E-state index in [0.717, 1.165) is 5.56 Å². The molecule has 5 nitrogen and oxygen atoms in total. The van der Waals surface area contributed by atoms with Gasteiger partial charge in [-0.25, -0.2) is 0 Å². The molecular weight excluding hydrogens is 446 g/mol. The van der Waals surface area contributed by atoms with Gasteiger partial charge in [-0.3, -0.25) is 9.59 Å². The zero-order valence-electron chi connectivity index (χ0n) is 18.1. The Balaban J connectivity index is 1.56. The number of aliphatic hydroxyl groups is 1. The van der Waals surface area contributed by atoms with Crippen LogP contribution in [-0.4, -0.2) is 21.7 Å². The largest absolute Gasteiger partial charge is 0.503 e. The first-order chi connectivity index (χ1) is 16.6. The van der Waals surface area contributed by atoms with Crippen molar-refractivity contribution in [2.24, 2.45) is 0 Å². The Labute approximate surface area is 201 Å². The Morgan fingerprint density at radius 3 is 2.29 bits per heavy atom. The first-order valence-electron chi connectivity index (χ1n) is 10.8. The van der Waals surface area contributed by atoms with Crippen LogP contribution in [0.15, 0.2) is 114 Å². The van der Waals surface area contributed by atoms with Gasteiger partial charge in [-0.15, -0.1) is 11.3 Å². The van der Waals surface area contributed by atoms with Crippen molar-refractivity contribution in [3.8, 4) is 11.5 Å². The van der Waals surface area contributed by atoms with Gasteiger partial charge in [0.1, 0.15) is 11.5 Å². The average molecular weight is 468 g/mol. The first-order valence-corrected chi connectivity index (χ1v) is 11.7. The maximum absolute atomic E-state index is 13.4. The zero-order valence-corrected chi connectivity index (χ0v) is 18.9. The van der Waals surface area contributed by atoms with Crippen molar-refractivity contribution in [1.82, 2.24) is 4.90 Å². The molecule has 1 aromatic heterocycles. The van der Waals surface area contributed by atoms with Crippen LogP contribution in [-0.2, 0) is 11.3 Å². The minimum atomic E-state index is -0.748. The number of carbonyl (C=O) groups excluding carboxylic acids is 2. The number of amides is 1. The van der Waals surface area contributed by atoms with Crippen LogP contribution >= 0.6 is 11.3 Å². The van der Waals surface area contributed by atoms with Crippen molar-refractivity contribution in [3.05, 3.63) is 130 Å². The molecule has 4 aromatic rings. The summed E-state index contributed by atoms with van der Waals surface area (Å²) >= 11 is 1.28. The lowest BCUT2D eigenvalue weighted by atomic mass is 9.95. The number of aliphatic hydroxyl groups excluding tert-OH is 1. The minimum absolute atomic E-state index is 0.0836. The van der Waals surface area contributed by atoms with Gasteiger partial charge in [0.25, 0.3) is 5.91 Å². The molecular formula is C28H21NO4S. The molecule has 2 heterocycles. The van der Waals surface area contributed by atoms with Gasteiger partial charge in [-0.2, -0.15) is 0 Å². The first kappa shape index (κ1) is 21.7. The van der Waals surface area contributed by atoms with Crippen molar-refractivity contribution >= 4 is 23.0 Å². The summed E-state index contributed by atoms with van der Waals surface area (Å²) in [6, 6.07) is 28.9. The molecule has 3 aromatic carbocycles. The quantitative estimate of drug-likeness (QED) is 0.323. The van der Waals surface area contributed by atoms with Crippen LogP contribution in [0.1, 0.15) is 26.8 Å². The van der Waals surface area contributed by atoms with Crippen LogP contribution in [0.2, 0.25) is 0 Å². The highest BCUT2D eigenvalue weighted by Crippen LogP contribution is 2.41. The van der Waals surface area contributed by atoms with Gasteiger partial charge >= 0.3 is 0 Å². The predicted octanol–water partition coefficient (Wildman–Crippen LogP) is 6.32. The molecule has 1 unspecified atom stereocenters. The van der Waals surface area contributed by atoms with E-state index in [9.17, 15) is 14.7 Å². The lowest BCUT2D eigenvalue weighted by Gasteiger charge is -2.27. The topological polar surface area (TPSA) is 66.8 Å². The Bertz CT molecular complexity index is 1350. The molecule has 0 spiro atoms. The van der Waals surface area contributed by atoms with Crippen LogP contribution in [0, 0.1) is 0 Å². The maximum atomic E-state index is 13.4. The Hall–Kier alpha value is -4.16. The van der Waals surface area contributed by atoms with Crippen LogP contribution in [0.5, 0.6) is 11.5 Å². The van der Waals surface area contributed by atoms with Crippen molar-refractivity contribution in [2.75, 3.05) is 0 Å². The molecule has 1 N–H and O–H groups in total. The van der Waals surface area contributed by atoms with Crippen molar-refractivity contribution in [3.63, 3.8) is 0 Å². The number of hydrogen-bond acceptors (Lipinski definition) is 5. The third-order valence-corrected chi connectivity index (χ3v) is 6.51. The Morgan fingerprint density at radius 2 is 1.59 bits per heavy atom. The predicted molar refractivity (Wildman–Crippen MR) is 131 cm³/mol. The average Bonchev–Trinajstić information content (AvgIpc) is 3.49. The van der Waals surface area contributed by atoms with E-state index in [2.05, 4.69) is 0 Å². The number of rotatable bonds is 7. The van der Waals surface area contributed by atoms with Gasteiger partial charge in [0.15, 0.2) is 5.76 Å². The summed E-state index contributed by atoms with van der Waals surface area (Å²) in [7, 11) is 0. The molecule has 5 rings (SSSR count). The standard InChI is InChI=1S/C28H21NO4S/c30-26(23-15-8-16-34-23)24-25(29(28(32)27(24)31)18-19-9-3-1-4-10-19)20-11-7-14-22(17-20)33-21-12-5-2-6-13-21/h1-17,25,31H,18H2. The number of ether oxygens (including phenoxy) is 1. The Morgan fingerprint density at radius 1 is 0.882 bits per heavy atom. The fourth-order valence-corrected chi connectivity index (χ4v) is 4.77. The van der Waals surface area contributed by atoms with E-state index in [0.29, 0.717) is 21.9 Å². The zero-order chi connectivity index (χ0) is 23.5. The van der Waals surface area contributed by atoms with Gasteiger partial charge < -0.3 is 14.7 Å². The van der Waals surface area contributed by atoms with E-state index < -0.39 is 17.7 Å². The van der Waals surface area contributed by atoms with Crippen molar-refractivity contribution < 1.29 is 19.4 Å². The molecule has 1 aliphatic rings. The number of para-hydroxylation sites is 1. The molecule has 1 amide bonds. The minimum Gasteiger partial charge on any atom is -0.503 e. The molecule has 1 aliphatic heterocycles. The van der Waals surface area contributed by atoms with Crippen molar-refractivity contribution in [2.45, 2.75) is 12.6 Å². The molecule has 34 heavy (non-hydrogen) atoms.